The molecule has 37 heavy (non-hydrogen) atoms. The first-order valence-corrected chi connectivity index (χ1v) is 11.1. The number of rotatable bonds is 6. The number of fused-ring (bicyclic) bond motifs is 1. The third-order valence-electron chi connectivity index (χ3n) is 5.20. The molecule has 3 rings (SSSR count). The van der Waals surface area contributed by atoms with Crippen LogP contribution < -0.4 is 0 Å². The van der Waals surface area contributed by atoms with Gasteiger partial charge in [0, 0.05) is 63.3 Å². The topological polar surface area (TPSA) is 117 Å². The number of carboxylic acids is 2. The van der Waals surface area contributed by atoms with E-state index in [1.807, 2.05) is 24.1 Å². The number of alkyl halides is 6. The van der Waals surface area contributed by atoms with Gasteiger partial charge in [-0.2, -0.15) is 31.4 Å². The highest BCUT2D eigenvalue weighted by Gasteiger charge is 2.38. The summed E-state index contributed by atoms with van der Waals surface area (Å²) in [5, 5.41) is 18.5. The summed E-state index contributed by atoms with van der Waals surface area (Å²) < 4.78 is 67.7. The van der Waals surface area contributed by atoms with E-state index in [1.54, 1.807) is 0 Å². The molecule has 2 aromatic rings. The maximum absolute atomic E-state index is 10.6. The summed E-state index contributed by atoms with van der Waals surface area (Å²) in [5.41, 5.74) is 1.27. The van der Waals surface area contributed by atoms with Gasteiger partial charge in [-0.05, 0) is 13.1 Å². The zero-order valence-corrected chi connectivity index (χ0v) is 20.5. The molecule has 3 heterocycles. The third-order valence-corrected chi connectivity index (χ3v) is 5.20. The smallest absolute Gasteiger partial charge is 0.475 e. The molecule has 0 saturated carbocycles. The molecule has 0 spiro atoms. The fraction of sp³-hybridized carbons (Fsp3) is 0.619. The molecular weight excluding hydrogens is 514 g/mol. The second-order valence-electron chi connectivity index (χ2n) is 8.15. The van der Waals surface area contributed by atoms with Crippen molar-refractivity contribution < 1.29 is 46.1 Å². The lowest BCUT2D eigenvalue weighted by Gasteiger charge is -2.28. The zero-order chi connectivity index (χ0) is 28.4. The number of halogens is 6. The summed E-state index contributed by atoms with van der Waals surface area (Å²) in [7, 11) is 1.97. The molecule has 2 N–H and O–H groups in total. The Labute approximate surface area is 209 Å². The number of hydrogen-bond donors (Lipinski definition) is 2. The van der Waals surface area contributed by atoms with Crippen molar-refractivity contribution in [3.8, 4) is 0 Å². The first kappa shape index (κ1) is 31.9. The van der Waals surface area contributed by atoms with E-state index >= 15 is 0 Å². The normalized spacial score (nSPS) is 16.1. The number of imidazole rings is 1. The van der Waals surface area contributed by atoms with Crippen molar-refractivity contribution in [1.29, 1.82) is 0 Å². The number of carboxylic acid groups (broad SMARTS) is 2. The van der Waals surface area contributed by atoms with Gasteiger partial charge >= 0.3 is 24.3 Å². The highest BCUT2D eigenvalue weighted by Crippen LogP contribution is 2.19. The van der Waals surface area contributed by atoms with Gasteiger partial charge in [-0.15, -0.1) is 0 Å². The maximum atomic E-state index is 10.6. The van der Waals surface area contributed by atoms with Crippen molar-refractivity contribution in [2.45, 2.75) is 45.8 Å². The van der Waals surface area contributed by atoms with Gasteiger partial charge in [0.2, 0.25) is 0 Å². The molecule has 2 aromatic heterocycles. The Balaban J connectivity index is 0.000000404. The second-order valence-corrected chi connectivity index (χ2v) is 8.15. The molecule has 1 unspecified atom stereocenters. The lowest BCUT2D eigenvalue weighted by molar-refractivity contribution is -0.193. The van der Waals surface area contributed by atoms with E-state index in [4.69, 9.17) is 19.8 Å². The number of aliphatic carboxylic acids is 2. The molecule has 0 bridgehead atoms. The van der Waals surface area contributed by atoms with E-state index in [2.05, 4.69) is 50.7 Å². The minimum Gasteiger partial charge on any atom is -0.475 e. The highest BCUT2D eigenvalue weighted by molar-refractivity contribution is 5.73. The Morgan fingerprint density at radius 2 is 1.59 bits per heavy atom. The third kappa shape index (κ3) is 11.6. The van der Waals surface area contributed by atoms with Crippen LogP contribution in [0.3, 0.4) is 0 Å². The quantitative estimate of drug-likeness (QED) is 0.534. The fourth-order valence-corrected chi connectivity index (χ4v) is 3.52. The van der Waals surface area contributed by atoms with Crippen molar-refractivity contribution >= 4 is 11.9 Å². The summed E-state index contributed by atoms with van der Waals surface area (Å²) in [6, 6.07) is 0. The van der Waals surface area contributed by atoms with Gasteiger partial charge in [0.15, 0.2) is 0 Å². The Hall–Kier alpha value is -3.14. The number of carbonyl (C=O) groups is 2. The molecule has 0 radical (unpaired) electrons. The number of nitrogens with zero attached hydrogens (tertiary/aromatic N) is 6. The van der Waals surface area contributed by atoms with E-state index in [1.165, 1.54) is 11.4 Å². The summed E-state index contributed by atoms with van der Waals surface area (Å²) in [5.74, 6) is -3.71. The van der Waals surface area contributed by atoms with Crippen molar-refractivity contribution in [2.24, 2.45) is 13.0 Å². The molecule has 210 valence electrons. The molecule has 0 fully saturated rings. The molecule has 0 saturated heterocycles. The van der Waals surface area contributed by atoms with Gasteiger partial charge in [-0.1, -0.05) is 13.8 Å². The predicted octanol–water partition coefficient (Wildman–Crippen LogP) is 2.86. The zero-order valence-electron chi connectivity index (χ0n) is 20.5. The van der Waals surface area contributed by atoms with E-state index in [-0.39, 0.29) is 0 Å². The molecule has 1 aliphatic rings. The van der Waals surface area contributed by atoms with Crippen LogP contribution in [-0.2, 0) is 36.3 Å². The molecule has 0 aliphatic carbocycles. The molecule has 1 atom stereocenters. The van der Waals surface area contributed by atoms with Gasteiger partial charge in [-0.3, -0.25) is 9.58 Å². The molecule has 0 aromatic carbocycles. The van der Waals surface area contributed by atoms with Crippen LogP contribution in [0.25, 0.3) is 0 Å². The van der Waals surface area contributed by atoms with Gasteiger partial charge in [0.25, 0.3) is 0 Å². The molecule has 16 heteroatoms. The average molecular weight is 544 g/mol. The standard InChI is InChI=1S/C17H28N6.2C2HF3O2/c1-4-21(5-2)11-16-12-22(10-15-8-19-20(3)9-15)14-17-18-6-7-23(17)13-16;2*3-2(4,5)1(6)7/h6-9,16H,4-5,10-14H2,1-3H3;2*(H,6,7). The minimum absolute atomic E-state index is 0.627. The summed E-state index contributed by atoms with van der Waals surface area (Å²) in [6.07, 6.45) is -2.04. The summed E-state index contributed by atoms with van der Waals surface area (Å²) in [6.45, 7) is 11.9. The highest BCUT2D eigenvalue weighted by atomic mass is 19.4. The Morgan fingerprint density at radius 3 is 2.03 bits per heavy atom. The van der Waals surface area contributed by atoms with Crippen molar-refractivity contribution in [3.05, 3.63) is 36.2 Å². The molecular formula is C21H30F6N6O4. The Kier molecular flexibility index (Phi) is 12.0. The predicted molar refractivity (Wildman–Crippen MR) is 118 cm³/mol. The number of hydrogen-bond acceptors (Lipinski definition) is 6. The lowest BCUT2D eigenvalue weighted by Crippen LogP contribution is -2.36. The van der Waals surface area contributed by atoms with E-state index in [9.17, 15) is 26.3 Å². The Morgan fingerprint density at radius 1 is 1.05 bits per heavy atom. The van der Waals surface area contributed by atoms with Crippen molar-refractivity contribution in [2.75, 3.05) is 26.2 Å². The van der Waals surface area contributed by atoms with Gasteiger partial charge < -0.3 is 19.7 Å². The van der Waals surface area contributed by atoms with Crippen LogP contribution in [0.4, 0.5) is 26.3 Å². The van der Waals surface area contributed by atoms with Crippen LogP contribution in [0.1, 0.15) is 25.2 Å². The molecule has 10 nitrogen and oxygen atoms in total. The van der Waals surface area contributed by atoms with E-state index in [0.29, 0.717) is 5.92 Å². The van der Waals surface area contributed by atoms with Gasteiger partial charge in [0.1, 0.15) is 5.82 Å². The van der Waals surface area contributed by atoms with Gasteiger partial charge in [0.05, 0.1) is 12.7 Å². The monoisotopic (exact) mass is 544 g/mol. The SMILES string of the molecule is CCN(CC)CC1CN(Cc2cnn(C)c2)Cc2nccn2C1.O=C(O)C(F)(F)F.O=C(O)C(F)(F)F. The maximum Gasteiger partial charge on any atom is 0.490 e. The fourth-order valence-electron chi connectivity index (χ4n) is 3.52. The molecule has 1 aliphatic heterocycles. The average Bonchev–Trinajstić information content (AvgIpc) is 3.35. The second kappa shape index (κ2) is 14.0. The van der Waals surface area contributed by atoms with Crippen molar-refractivity contribution in [1.82, 2.24) is 29.1 Å². The van der Waals surface area contributed by atoms with Crippen LogP contribution >= 0.6 is 0 Å². The van der Waals surface area contributed by atoms with Crippen LogP contribution in [0, 0.1) is 5.92 Å². The number of aromatic nitrogens is 4. The summed E-state index contributed by atoms with van der Waals surface area (Å²) >= 11 is 0. The van der Waals surface area contributed by atoms with Crippen LogP contribution in [0.2, 0.25) is 0 Å². The van der Waals surface area contributed by atoms with Crippen LogP contribution in [-0.4, -0.2) is 89.8 Å². The van der Waals surface area contributed by atoms with E-state index in [0.717, 1.165) is 45.8 Å². The van der Waals surface area contributed by atoms with E-state index < -0.39 is 24.3 Å². The Bertz CT molecular complexity index is 963. The minimum atomic E-state index is -5.08. The lowest BCUT2D eigenvalue weighted by atomic mass is 10.1. The van der Waals surface area contributed by atoms with Crippen LogP contribution in [0.5, 0.6) is 0 Å². The first-order chi connectivity index (χ1) is 17.1. The summed E-state index contributed by atoms with van der Waals surface area (Å²) in [4.78, 5) is 27.4. The van der Waals surface area contributed by atoms with Crippen LogP contribution in [0.15, 0.2) is 24.8 Å². The van der Waals surface area contributed by atoms with Gasteiger partial charge in [-0.25, -0.2) is 14.6 Å². The largest absolute Gasteiger partial charge is 0.490 e. The number of aryl methyl sites for hydroxylation is 1. The van der Waals surface area contributed by atoms with Crippen molar-refractivity contribution in [3.63, 3.8) is 0 Å². The molecule has 0 amide bonds. The first-order valence-electron chi connectivity index (χ1n) is 11.1.